The number of rotatable bonds is 5. The van der Waals surface area contributed by atoms with Crippen molar-refractivity contribution >= 4 is 26.7 Å². The Kier molecular flexibility index (Phi) is 6.41. The molecule has 162 valence electrons. The molecule has 2 unspecified atom stereocenters. The molecule has 2 aromatic rings. The van der Waals surface area contributed by atoms with E-state index in [1.165, 1.54) is 23.6 Å². The van der Waals surface area contributed by atoms with E-state index in [0.29, 0.717) is 43.5 Å². The average molecular weight is 430 g/mol. The topological polar surface area (TPSA) is 69.7 Å². The molecule has 1 aliphatic carbocycles. The molecule has 1 saturated heterocycles. The minimum atomic E-state index is -3.53. The number of hydrogen-bond donors (Lipinski definition) is 1. The predicted octanol–water partition coefficient (Wildman–Crippen LogP) is 2.84. The molecule has 7 heteroatoms. The first kappa shape index (κ1) is 21.3. The van der Waals surface area contributed by atoms with Gasteiger partial charge in [0.2, 0.25) is 15.9 Å². The van der Waals surface area contributed by atoms with Crippen molar-refractivity contribution in [1.29, 1.82) is 0 Å². The van der Waals surface area contributed by atoms with Gasteiger partial charge in [0.1, 0.15) is 0 Å². The molecule has 1 heterocycles. The molecular weight excluding hydrogens is 398 g/mol. The van der Waals surface area contributed by atoms with E-state index in [2.05, 4.69) is 17.1 Å². The van der Waals surface area contributed by atoms with Crippen molar-refractivity contribution in [2.75, 3.05) is 32.7 Å². The van der Waals surface area contributed by atoms with Crippen LogP contribution >= 0.6 is 0 Å². The van der Waals surface area contributed by atoms with Crippen molar-refractivity contribution < 1.29 is 13.2 Å². The minimum Gasteiger partial charge on any atom is -0.352 e. The molecule has 30 heavy (non-hydrogen) atoms. The summed E-state index contributed by atoms with van der Waals surface area (Å²) in [6.45, 7) is 4.50. The van der Waals surface area contributed by atoms with Gasteiger partial charge in [0.05, 0.1) is 11.4 Å². The van der Waals surface area contributed by atoms with E-state index in [9.17, 15) is 13.2 Å². The van der Waals surface area contributed by atoms with Gasteiger partial charge in [-0.2, -0.15) is 4.31 Å². The molecule has 0 radical (unpaired) electrons. The van der Waals surface area contributed by atoms with E-state index in [-0.39, 0.29) is 11.9 Å². The van der Waals surface area contributed by atoms with E-state index in [1.54, 1.807) is 12.1 Å². The van der Waals surface area contributed by atoms with Crippen LogP contribution in [0.2, 0.25) is 0 Å². The quantitative estimate of drug-likeness (QED) is 0.794. The van der Waals surface area contributed by atoms with Crippen LogP contribution in [0.5, 0.6) is 0 Å². The third-order valence-corrected chi connectivity index (χ3v) is 8.41. The van der Waals surface area contributed by atoms with Crippen LogP contribution in [0.15, 0.2) is 47.4 Å². The molecule has 0 aromatic heterocycles. The fraction of sp³-hybridized carbons (Fsp3) is 0.522. The van der Waals surface area contributed by atoms with Crippen molar-refractivity contribution in [2.24, 2.45) is 5.92 Å². The van der Waals surface area contributed by atoms with Gasteiger partial charge in [-0.25, -0.2) is 8.42 Å². The van der Waals surface area contributed by atoms with E-state index in [1.807, 2.05) is 30.3 Å². The summed E-state index contributed by atoms with van der Waals surface area (Å²) >= 11 is 0. The first-order chi connectivity index (χ1) is 14.4. The fourth-order valence-electron chi connectivity index (χ4n) is 4.59. The Morgan fingerprint density at radius 3 is 2.43 bits per heavy atom. The third kappa shape index (κ3) is 4.68. The van der Waals surface area contributed by atoms with Crippen LogP contribution in [0.25, 0.3) is 10.8 Å². The van der Waals surface area contributed by atoms with Gasteiger partial charge in [-0.3, -0.25) is 9.69 Å². The number of piperazine rings is 1. The number of nitrogens with zero attached hydrogens (tertiary/aromatic N) is 2. The second-order valence-electron chi connectivity index (χ2n) is 8.62. The SMILES string of the molecule is CC1CCCCC1NC(=O)CN1CCN(S(=O)(=O)c2ccc3ccccc3c2)CC1. The van der Waals surface area contributed by atoms with E-state index in [4.69, 9.17) is 0 Å². The summed E-state index contributed by atoms with van der Waals surface area (Å²) in [6.07, 6.45) is 4.67. The van der Waals surface area contributed by atoms with Crippen LogP contribution < -0.4 is 5.32 Å². The number of carbonyl (C=O) groups excluding carboxylic acids is 1. The number of fused-ring (bicyclic) bond motifs is 1. The molecule has 2 aliphatic rings. The summed E-state index contributed by atoms with van der Waals surface area (Å²) in [5, 5.41) is 5.14. The van der Waals surface area contributed by atoms with Crippen LogP contribution in [-0.2, 0) is 14.8 Å². The molecule has 6 nitrogen and oxygen atoms in total. The Labute approximate surface area is 179 Å². The number of sulfonamides is 1. The molecule has 1 N–H and O–H groups in total. The second kappa shape index (κ2) is 9.04. The summed E-state index contributed by atoms with van der Waals surface area (Å²) in [6, 6.07) is 13.3. The summed E-state index contributed by atoms with van der Waals surface area (Å²) < 4.78 is 27.7. The van der Waals surface area contributed by atoms with Crippen molar-refractivity contribution in [1.82, 2.24) is 14.5 Å². The summed E-state index contributed by atoms with van der Waals surface area (Å²) in [4.78, 5) is 14.8. The Balaban J connectivity index is 1.33. The van der Waals surface area contributed by atoms with Crippen molar-refractivity contribution in [2.45, 2.75) is 43.5 Å². The maximum atomic E-state index is 13.1. The summed E-state index contributed by atoms with van der Waals surface area (Å²) in [7, 11) is -3.53. The Bertz CT molecular complexity index is 1000. The lowest BCUT2D eigenvalue weighted by molar-refractivity contribution is -0.123. The zero-order chi connectivity index (χ0) is 21.1. The molecule has 2 aromatic carbocycles. The number of nitrogens with one attached hydrogen (secondary N) is 1. The maximum absolute atomic E-state index is 13.1. The van der Waals surface area contributed by atoms with Crippen LogP contribution in [0.4, 0.5) is 0 Å². The minimum absolute atomic E-state index is 0.0552. The molecular formula is C23H31N3O3S. The molecule has 1 amide bonds. The molecule has 1 aliphatic heterocycles. The van der Waals surface area contributed by atoms with E-state index in [0.717, 1.165) is 17.2 Å². The highest BCUT2D eigenvalue weighted by molar-refractivity contribution is 7.89. The second-order valence-corrected chi connectivity index (χ2v) is 10.6. The largest absolute Gasteiger partial charge is 0.352 e. The molecule has 2 fully saturated rings. The highest BCUT2D eigenvalue weighted by Gasteiger charge is 2.30. The average Bonchev–Trinajstić information content (AvgIpc) is 2.75. The summed E-state index contributed by atoms with van der Waals surface area (Å²) in [5.41, 5.74) is 0. The van der Waals surface area contributed by atoms with E-state index >= 15 is 0 Å². The number of benzene rings is 2. The fourth-order valence-corrected chi connectivity index (χ4v) is 6.05. The van der Waals surface area contributed by atoms with Crippen molar-refractivity contribution in [3.8, 4) is 0 Å². The van der Waals surface area contributed by atoms with Gasteiger partial charge in [-0.05, 0) is 41.7 Å². The Morgan fingerprint density at radius 1 is 1.00 bits per heavy atom. The number of hydrogen-bond acceptors (Lipinski definition) is 4. The third-order valence-electron chi connectivity index (χ3n) is 6.52. The highest BCUT2D eigenvalue weighted by Crippen LogP contribution is 2.24. The van der Waals surface area contributed by atoms with Crippen LogP contribution in [0.3, 0.4) is 0 Å². The van der Waals surface area contributed by atoms with Gasteiger partial charge in [-0.1, -0.05) is 50.1 Å². The molecule has 1 saturated carbocycles. The zero-order valence-corrected chi connectivity index (χ0v) is 18.4. The van der Waals surface area contributed by atoms with Gasteiger partial charge in [-0.15, -0.1) is 0 Å². The Morgan fingerprint density at radius 2 is 1.70 bits per heavy atom. The number of carbonyl (C=O) groups is 1. The molecule has 0 bridgehead atoms. The van der Waals surface area contributed by atoms with Crippen LogP contribution in [0, 0.1) is 5.92 Å². The number of amides is 1. The maximum Gasteiger partial charge on any atom is 0.243 e. The normalized spacial score (nSPS) is 24.0. The standard InChI is InChI=1S/C23H31N3O3S/c1-18-6-2-5-9-22(18)24-23(27)17-25-12-14-26(15-13-25)30(28,29)21-11-10-19-7-3-4-8-20(19)16-21/h3-4,7-8,10-11,16,18,22H,2,5-6,9,12-15,17H2,1H3,(H,24,27). The van der Waals surface area contributed by atoms with Crippen molar-refractivity contribution in [3.05, 3.63) is 42.5 Å². The zero-order valence-electron chi connectivity index (χ0n) is 17.6. The van der Waals surface area contributed by atoms with Gasteiger partial charge in [0.25, 0.3) is 0 Å². The van der Waals surface area contributed by atoms with Gasteiger partial charge in [0, 0.05) is 32.2 Å². The highest BCUT2D eigenvalue weighted by atomic mass is 32.2. The Hall–Kier alpha value is -1.96. The van der Waals surface area contributed by atoms with Crippen LogP contribution in [-0.4, -0.2) is 62.3 Å². The van der Waals surface area contributed by atoms with Crippen molar-refractivity contribution in [3.63, 3.8) is 0 Å². The lowest BCUT2D eigenvalue weighted by atomic mass is 9.86. The summed E-state index contributed by atoms with van der Waals surface area (Å²) in [5.74, 6) is 0.589. The lowest BCUT2D eigenvalue weighted by Gasteiger charge is -2.34. The molecule has 2 atom stereocenters. The van der Waals surface area contributed by atoms with Gasteiger partial charge >= 0.3 is 0 Å². The lowest BCUT2D eigenvalue weighted by Crippen LogP contribution is -2.52. The van der Waals surface area contributed by atoms with Gasteiger partial charge < -0.3 is 5.32 Å². The monoisotopic (exact) mass is 429 g/mol. The van der Waals surface area contributed by atoms with Crippen LogP contribution in [0.1, 0.15) is 32.6 Å². The predicted molar refractivity (Wildman–Crippen MR) is 119 cm³/mol. The smallest absolute Gasteiger partial charge is 0.243 e. The van der Waals surface area contributed by atoms with Gasteiger partial charge in [0.15, 0.2) is 0 Å². The first-order valence-electron chi connectivity index (χ1n) is 10.9. The molecule has 4 rings (SSSR count). The molecule has 0 spiro atoms. The first-order valence-corrected chi connectivity index (χ1v) is 12.4. The van der Waals surface area contributed by atoms with E-state index < -0.39 is 10.0 Å².